The summed E-state index contributed by atoms with van der Waals surface area (Å²) in [7, 11) is 1.20. The zero-order chi connectivity index (χ0) is 24.7. The fraction of sp³-hybridized carbons (Fsp3) is 0.167. The molecule has 1 N–H and O–H groups in total. The molecule has 0 bridgehead atoms. The molecule has 0 spiro atoms. The Hall–Kier alpha value is -3.92. The van der Waals surface area contributed by atoms with Crippen LogP contribution in [0.15, 0.2) is 48.0 Å². The van der Waals surface area contributed by atoms with Crippen LogP contribution in [0.1, 0.15) is 38.1 Å². The Morgan fingerprint density at radius 3 is 2.41 bits per heavy atom. The van der Waals surface area contributed by atoms with Gasteiger partial charge in [-0.3, -0.25) is 14.5 Å². The number of thiazole rings is 1. The Kier molecular flexibility index (Phi) is 6.01. The number of benzene rings is 2. The molecule has 1 atom stereocenters. The zero-order valence-corrected chi connectivity index (χ0v) is 19.1. The van der Waals surface area contributed by atoms with Crippen LogP contribution in [0.2, 0.25) is 0 Å². The minimum Gasteiger partial charge on any atom is -0.507 e. The van der Waals surface area contributed by atoms with Gasteiger partial charge in [0.05, 0.1) is 24.4 Å². The molecule has 1 aliphatic rings. The van der Waals surface area contributed by atoms with E-state index >= 15 is 0 Å². The lowest BCUT2D eigenvalue weighted by Gasteiger charge is -2.23. The normalized spacial score (nSPS) is 17.3. The Labute approximate surface area is 196 Å². The summed E-state index contributed by atoms with van der Waals surface area (Å²) >= 11 is 0.840. The molecule has 2 heterocycles. The molecule has 0 aliphatic carbocycles. The monoisotopic (exact) mass is 484 g/mol. The topological polar surface area (TPSA) is 96.8 Å². The second-order valence-corrected chi connectivity index (χ2v) is 8.56. The van der Waals surface area contributed by atoms with Gasteiger partial charge in [0.15, 0.2) is 5.13 Å². The number of aliphatic hydroxyl groups excluding tert-OH is 1. The zero-order valence-electron chi connectivity index (χ0n) is 18.3. The van der Waals surface area contributed by atoms with E-state index in [1.54, 1.807) is 13.8 Å². The van der Waals surface area contributed by atoms with Crippen molar-refractivity contribution in [2.24, 2.45) is 0 Å². The minimum absolute atomic E-state index is 0.00113. The molecule has 34 heavy (non-hydrogen) atoms. The quantitative estimate of drug-likeness (QED) is 0.254. The average Bonchev–Trinajstić information content (AvgIpc) is 3.32. The van der Waals surface area contributed by atoms with E-state index < -0.39 is 41.1 Å². The fourth-order valence-electron chi connectivity index (χ4n) is 3.65. The first-order valence-electron chi connectivity index (χ1n) is 10.0. The minimum atomic E-state index is -1.19. The van der Waals surface area contributed by atoms with Gasteiger partial charge in [-0.15, -0.1) is 0 Å². The van der Waals surface area contributed by atoms with Crippen LogP contribution in [0.5, 0.6) is 0 Å². The molecule has 0 saturated carbocycles. The summed E-state index contributed by atoms with van der Waals surface area (Å²) in [4.78, 5) is 43.7. The number of hydrogen-bond donors (Lipinski definition) is 1. The molecule has 1 aromatic heterocycles. The number of Topliss-reactive ketones (excluding diaryl/α,β-unsaturated/α-hetero) is 1. The van der Waals surface area contributed by atoms with Crippen LogP contribution in [-0.2, 0) is 14.3 Å². The Morgan fingerprint density at radius 2 is 1.79 bits per heavy atom. The third kappa shape index (κ3) is 3.86. The lowest BCUT2D eigenvalue weighted by molar-refractivity contribution is -0.132. The van der Waals surface area contributed by atoms with Crippen molar-refractivity contribution in [3.63, 3.8) is 0 Å². The fourth-order valence-corrected chi connectivity index (χ4v) is 4.67. The molecule has 1 fully saturated rings. The molecule has 4 rings (SSSR count). The number of aromatic nitrogens is 1. The molecule has 7 nitrogen and oxygen atoms in total. The van der Waals surface area contributed by atoms with E-state index in [9.17, 15) is 28.3 Å². The Balaban J connectivity index is 1.94. The van der Waals surface area contributed by atoms with Crippen LogP contribution in [0, 0.1) is 25.5 Å². The average molecular weight is 484 g/mol. The predicted molar refractivity (Wildman–Crippen MR) is 121 cm³/mol. The Morgan fingerprint density at radius 1 is 1.12 bits per heavy atom. The second kappa shape index (κ2) is 8.79. The number of ketones is 1. The molecular formula is C24H18F2N2O5S. The van der Waals surface area contributed by atoms with Gasteiger partial charge in [0.2, 0.25) is 0 Å². The first-order valence-corrected chi connectivity index (χ1v) is 10.8. The van der Waals surface area contributed by atoms with E-state index in [0.717, 1.165) is 34.4 Å². The molecule has 174 valence electrons. The number of methoxy groups -OCH3 is 1. The molecule has 2 aromatic carbocycles. The van der Waals surface area contributed by atoms with Gasteiger partial charge < -0.3 is 9.84 Å². The number of esters is 1. The van der Waals surface area contributed by atoms with Crippen LogP contribution in [0.3, 0.4) is 0 Å². The number of carbonyl (C=O) groups excluding carboxylic acids is 3. The van der Waals surface area contributed by atoms with E-state index in [-0.39, 0.29) is 26.8 Å². The van der Waals surface area contributed by atoms with Crippen molar-refractivity contribution in [2.75, 3.05) is 12.0 Å². The molecule has 3 aromatic rings. The first kappa shape index (κ1) is 23.2. The third-order valence-corrected chi connectivity index (χ3v) is 6.57. The van der Waals surface area contributed by atoms with Crippen molar-refractivity contribution < 1.29 is 33.0 Å². The van der Waals surface area contributed by atoms with Crippen molar-refractivity contribution in [2.45, 2.75) is 19.9 Å². The summed E-state index contributed by atoms with van der Waals surface area (Å²) in [5.41, 5.74) is 0.612. The maximum absolute atomic E-state index is 14.2. The number of aryl methyl sites for hydroxylation is 2. The third-order valence-electron chi connectivity index (χ3n) is 5.44. The molecule has 1 aliphatic heterocycles. The van der Waals surface area contributed by atoms with E-state index in [2.05, 4.69) is 4.98 Å². The molecule has 1 saturated heterocycles. The molecular weight excluding hydrogens is 466 g/mol. The van der Waals surface area contributed by atoms with E-state index in [1.807, 2.05) is 0 Å². The number of ether oxygens (including phenoxy) is 1. The number of anilines is 1. The van der Waals surface area contributed by atoms with Gasteiger partial charge in [-0.05, 0) is 43.2 Å². The number of nitrogens with zero attached hydrogens (tertiary/aromatic N) is 2. The van der Waals surface area contributed by atoms with Crippen LogP contribution >= 0.6 is 11.3 Å². The highest BCUT2D eigenvalue weighted by Crippen LogP contribution is 2.44. The maximum atomic E-state index is 14.2. The number of carbonyl (C=O) groups is 3. The number of hydrogen-bond acceptors (Lipinski definition) is 7. The van der Waals surface area contributed by atoms with Crippen LogP contribution in [0.4, 0.5) is 13.9 Å². The summed E-state index contributed by atoms with van der Waals surface area (Å²) < 4.78 is 32.5. The van der Waals surface area contributed by atoms with E-state index in [0.29, 0.717) is 11.1 Å². The molecule has 1 amide bonds. The lowest BCUT2D eigenvalue weighted by atomic mass is 9.95. The molecule has 10 heteroatoms. The van der Waals surface area contributed by atoms with Gasteiger partial charge in [0, 0.05) is 5.56 Å². The largest absolute Gasteiger partial charge is 0.507 e. The van der Waals surface area contributed by atoms with Crippen molar-refractivity contribution in [1.82, 2.24) is 4.98 Å². The van der Waals surface area contributed by atoms with Gasteiger partial charge in [-0.1, -0.05) is 35.6 Å². The first-order chi connectivity index (χ1) is 16.1. The number of aliphatic hydroxyl groups is 1. The standard InChI is InChI=1S/C24H18F2N2O5S/c1-11-4-5-14(10-16(11)26)19(29)17-18(13-6-8-15(25)9-7-13)28(22(31)20(17)30)24-27-12(2)21(34-24)23(32)33-3/h4-10,18,29H,1-3H3/b19-17-. The van der Waals surface area contributed by atoms with Crippen molar-refractivity contribution in [1.29, 1.82) is 0 Å². The van der Waals surface area contributed by atoms with Gasteiger partial charge >= 0.3 is 11.9 Å². The highest BCUT2D eigenvalue weighted by Gasteiger charge is 2.48. The number of halogens is 2. The summed E-state index contributed by atoms with van der Waals surface area (Å²) in [6.07, 6.45) is 0. The lowest BCUT2D eigenvalue weighted by Crippen LogP contribution is -2.29. The van der Waals surface area contributed by atoms with Crippen molar-refractivity contribution in [3.8, 4) is 0 Å². The molecule has 1 unspecified atom stereocenters. The van der Waals surface area contributed by atoms with Crippen molar-refractivity contribution >= 4 is 39.9 Å². The SMILES string of the molecule is COC(=O)c1sc(N2C(=O)C(=O)/C(=C(\O)c3ccc(C)c(F)c3)C2c2ccc(F)cc2)nc1C. The summed E-state index contributed by atoms with van der Waals surface area (Å²) in [6, 6.07) is 7.74. The van der Waals surface area contributed by atoms with E-state index in [4.69, 9.17) is 4.74 Å². The number of amides is 1. The van der Waals surface area contributed by atoms with Crippen molar-refractivity contribution in [3.05, 3.63) is 86.9 Å². The number of rotatable bonds is 4. The summed E-state index contributed by atoms with van der Waals surface area (Å²) in [6.45, 7) is 3.09. The van der Waals surface area contributed by atoms with Crippen LogP contribution < -0.4 is 4.90 Å². The highest BCUT2D eigenvalue weighted by molar-refractivity contribution is 7.17. The van der Waals surface area contributed by atoms with Crippen LogP contribution in [-0.4, -0.2) is 34.9 Å². The molecule has 0 radical (unpaired) electrons. The second-order valence-electron chi connectivity index (χ2n) is 7.59. The van der Waals surface area contributed by atoms with Gasteiger partial charge in [-0.2, -0.15) is 0 Å². The van der Waals surface area contributed by atoms with Gasteiger partial charge in [0.1, 0.15) is 22.3 Å². The summed E-state index contributed by atoms with van der Waals surface area (Å²) in [5.74, 6) is -4.43. The van der Waals surface area contributed by atoms with E-state index in [1.165, 1.54) is 31.4 Å². The van der Waals surface area contributed by atoms with Gasteiger partial charge in [0.25, 0.3) is 5.78 Å². The predicted octanol–water partition coefficient (Wildman–Crippen LogP) is 4.45. The maximum Gasteiger partial charge on any atom is 0.350 e. The Bertz CT molecular complexity index is 1360. The van der Waals surface area contributed by atoms with Gasteiger partial charge in [-0.25, -0.2) is 18.6 Å². The van der Waals surface area contributed by atoms with Crippen LogP contribution in [0.25, 0.3) is 5.76 Å². The summed E-state index contributed by atoms with van der Waals surface area (Å²) in [5, 5.41) is 11.0. The smallest absolute Gasteiger partial charge is 0.350 e. The highest BCUT2D eigenvalue weighted by atomic mass is 32.1.